The van der Waals surface area contributed by atoms with E-state index in [0.717, 1.165) is 49.4 Å². The number of halogens is 1. The molecule has 8 aromatic carbocycles. The van der Waals surface area contributed by atoms with E-state index in [4.69, 9.17) is 0 Å². The molecule has 0 N–H and O–H groups in total. The molecular weight excluding hydrogens is 499 g/mol. The number of hydrogen-bond donors (Lipinski definition) is 0. The number of fused-ring (bicyclic) bond motifs is 4. The van der Waals surface area contributed by atoms with Gasteiger partial charge in [0.15, 0.2) is 0 Å². The van der Waals surface area contributed by atoms with Crippen molar-refractivity contribution in [3.63, 3.8) is 0 Å². The molecule has 0 aliphatic heterocycles. The first kappa shape index (κ1) is 23.6. The van der Waals surface area contributed by atoms with E-state index in [-0.39, 0.29) is 5.82 Å². The molecule has 8 rings (SSSR count). The van der Waals surface area contributed by atoms with E-state index in [1.165, 1.54) is 21.5 Å². The Bertz CT molecular complexity index is 2260. The third kappa shape index (κ3) is 3.90. The molecule has 0 saturated heterocycles. The van der Waals surface area contributed by atoms with Crippen LogP contribution in [0.1, 0.15) is 0 Å². The molecule has 0 spiro atoms. The molecule has 0 aliphatic carbocycles. The first-order chi connectivity index (χ1) is 20.2. The Morgan fingerprint density at radius 1 is 0.317 bits per heavy atom. The molecule has 0 heterocycles. The second kappa shape index (κ2) is 9.43. The fourth-order valence-corrected chi connectivity index (χ4v) is 6.35. The van der Waals surface area contributed by atoms with Crippen molar-refractivity contribution in [2.24, 2.45) is 0 Å². The van der Waals surface area contributed by atoms with Crippen molar-refractivity contribution in [2.75, 3.05) is 0 Å². The van der Waals surface area contributed by atoms with Crippen LogP contribution >= 0.6 is 0 Å². The minimum Gasteiger partial charge on any atom is -0.206 e. The molecule has 0 bridgehead atoms. The van der Waals surface area contributed by atoms with Gasteiger partial charge in [-0.15, -0.1) is 0 Å². The van der Waals surface area contributed by atoms with Gasteiger partial charge in [-0.25, -0.2) is 4.39 Å². The fourth-order valence-electron chi connectivity index (χ4n) is 6.35. The van der Waals surface area contributed by atoms with Crippen LogP contribution in [0.4, 0.5) is 4.39 Å². The average Bonchev–Trinajstić information content (AvgIpc) is 3.03. The summed E-state index contributed by atoms with van der Waals surface area (Å²) in [6.45, 7) is 0. The van der Waals surface area contributed by atoms with E-state index in [2.05, 4.69) is 115 Å². The van der Waals surface area contributed by atoms with Crippen LogP contribution in [0.5, 0.6) is 0 Å². The van der Waals surface area contributed by atoms with Gasteiger partial charge in [0.25, 0.3) is 0 Å². The monoisotopic (exact) mass is 524 g/mol. The van der Waals surface area contributed by atoms with Gasteiger partial charge < -0.3 is 0 Å². The van der Waals surface area contributed by atoms with Crippen molar-refractivity contribution in [3.05, 3.63) is 157 Å². The standard InChI is InChI=1S/C40H25F/c41-38-25-37-36(24-35(38)28-12-2-1-3-13-28)39(31-20-18-26-10-4-6-14-29(26)22-31)33-16-8-9-17-34(33)40(37)32-21-19-27-11-5-7-15-30(27)23-32/h1-25H. The molecule has 0 radical (unpaired) electrons. The maximum absolute atomic E-state index is 16.1. The summed E-state index contributed by atoms with van der Waals surface area (Å²) in [5, 5.41) is 8.98. The van der Waals surface area contributed by atoms with Gasteiger partial charge in [-0.05, 0) is 95.2 Å². The Balaban J connectivity index is 1.54. The Labute approximate surface area is 237 Å². The molecule has 0 nitrogen and oxygen atoms in total. The van der Waals surface area contributed by atoms with Gasteiger partial charge in [0.1, 0.15) is 5.82 Å². The van der Waals surface area contributed by atoms with Crippen LogP contribution in [0.2, 0.25) is 0 Å². The molecular formula is C40H25F. The maximum atomic E-state index is 16.1. The molecule has 0 fully saturated rings. The smallest absolute Gasteiger partial charge is 0.131 e. The molecule has 0 saturated carbocycles. The summed E-state index contributed by atoms with van der Waals surface area (Å²) < 4.78 is 16.1. The first-order valence-corrected chi connectivity index (χ1v) is 14.0. The SMILES string of the molecule is Fc1cc2c(-c3ccc4ccccc4c3)c3ccccc3c(-c3ccc4ccccc4c3)c2cc1-c1ccccc1. The minimum atomic E-state index is -0.217. The lowest BCUT2D eigenvalue weighted by Crippen LogP contribution is -1.94. The molecule has 8 aromatic rings. The largest absolute Gasteiger partial charge is 0.206 e. The van der Waals surface area contributed by atoms with Gasteiger partial charge in [-0.2, -0.15) is 0 Å². The van der Waals surface area contributed by atoms with Crippen molar-refractivity contribution in [3.8, 4) is 33.4 Å². The van der Waals surface area contributed by atoms with Gasteiger partial charge in [-0.3, -0.25) is 0 Å². The lowest BCUT2D eigenvalue weighted by Gasteiger charge is -2.19. The van der Waals surface area contributed by atoms with Crippen molar-refractivity contribution in [1.29, 1.82) is 0 Å². The zero-order valence-corrected chi connectivity index (χ0v) is 22.3. The predicted octanol–water partition coefficient (Wildman–Crippen LogP) is 11.4. The van der Waals surface area contributed by atoms with E-state index >= 15 is 4.39 Å². The summed E-state index contributed by atoms with van der Waals surface area (Å²) in [7, 11) is 0. The molecule has 0 aliphatic rings. The quantitative estimate of drug-likeness (QED) is 0.202. The Morgan fingerprint density at radius 2 is 0.780 bits per heavy atom. The Hall–Kier alpha value is -5.27. The highest BCUT2D eigenvalue weighted by Gasteiger charge is 2.20. The number of rotatable bonds is 3. The lowest BCUT2D eigenvalue weighted by molar-refractivity contribution is 0.633. The minimum absolute atomic E-state index is 0.217. The third-order valence-electron chi connectivity index (χ3n) is 8.27. The van der Waals surface area contributed by atoms with Crippen LogP contribution in [-0.2, 0) is 0 Å². The average molecular weight is 525 g/mol. The second-order valence-corrected chi connectivity index (χ2v) is 10.7. The predicted molar refractivity (Wildman–Crippen MR) is 173 cm³/mol. The van der Waals surface area contributed by atoms with Gasteiger partial charge >= 0.3 is 0 Å². The van der Waals surface area contributed by atoms with E-state index in [0.29, 0.717) is 5.56 Å². The van der Waals surface area contributed by atoms with Gasteiger partial charge in [0, 0.05) is 5.56 Å². The number of benzene rings is 8. The van der Waals surface area contributed by atoms with E-state index in [1.807, 2.05) is 30.3 Å². The van der Waals surface area contributed by atoms with Crippen molar-refractivity contribution >= 4 is 43.1 Å². The van der Waals surface area contributed by atoms with E-state index in [9.17, 15) is 0 Å². The highest BCUT2D eigenvalue weighted by Crippen LogP contribution is 2.46. The zero-order chi connectivity index (χ0) is 27.3. The van der Waals surface area contributed by atoms with Crippen molar-refractivity contribution < 1.29 is 4.39 Å². The molecule has 1 heteroatoms. The lowest BCUT2D eigenvalue weighted by atomic mass is 9.84. The highest BCUT2D eigenvalue weighted by atomic mass is 19.1. The molecule has 0 amide bonds. The summed E-state index contributed by atoms with van der Waals surface area (Å²) in [5.41, 5.74) is 5.88. The Kier molecular flexibility index (Phi) is 5.43. The number of hydrogen-bond acceptors (Lipinski definition) is 0. The van der Waals surface area contributed by atoms with Crippen LogP contribution < -0.4 is 0 Å². The second-order valence-electron chi connectivity index (χ2n) is 10.7. The molecule has 0 aromatic heterocycles. The van der Waals surface area contributed by atoms with Gasteiger partial charge in [-0.1, -0.05) is 127 Å². The highest BCUT2D eigenvalue weighted by molar-refractivity contribution is 6.22. The van der Waals surface area contributed by atoms with Crippen LogP contribution in [0, 0.1) is 5.82 Å². The summed E-state index contributed by atoms with van der Waals surface area (Å²) in [6, 6.07) is 52.3. The van der Waals surface area contributed by atoms with E-state index in [1.54, 1.807) is 6.07 Å². The molecule has 0 atom stereocenters. The first-order valence-electron chi connectivity index (χ1n) is 14.0. The third-order valence-corrected chi connectivity index (χ3v) is 8.27. The Morgan fingerprint density at radius 3 is 1.34 bits per heavy atom. The normalized spacial score (nSPS) is 11.5. The van der Waals surface area contributed by atoms with E-state index < -0.39 is 0 Å². The van der Waals surface area contributed by atoms with Crippen LogP contribution in [0.3, 0.4) is 0 Å². The molecule has 0 unspecified atom stereocenters. The van der Waals surface area contributed by atoms with Crippen LogP contribution in [0.25, 0.3) is 76.5 Å². The zero-order valence-electron chi connectivity index (χ0n) is 22.3. The molecule has 41 heavy (non-hydrogen) atoms. The fraction of sp³-hybridized carbons (Fsp3) is 0. The summed E-state index contributed by atoms with van der Waals surface area (Å²) >= 11 is 0. The summed E-state index contributed by atoms with van der Waals surface area (Å²) in [5.74, 6) is -0.217. The van der Waals surface area contributed by atoms with Crippen molar-refractivity contribution in [1.82, 2.24) is 0 Å². The van der Waals surface area contributed by atoms with Crippen molar-refractivity contribution in [2.45, 2.75) is 0 Å². The van der Waals surface area contributed by atoms with Gasteiger partial charge in [0.05, 0.1) is 0 Å². The van der Waals surface area contributed by atoms with Crippen LogP contribution in [0.15, 0.2) is 152 Å². The summed E-state index contributed by atoms with van der Waals surface area (Å²) in [6.07, 6.45) is 0. The van der Waals surface area contributed by atoms with Crippen LogP contribution in [-0.4, -0.2) is 0 Å². The van der Waals surface area contributed by atoms with Gasteiger partial charge in [0.2, 0.25) is 0 Å². The topological polar surface area (TPSA) is 0 Å². The summed E-state index contributed by atoms with van der Waals surface area (Å²) in [4.78, 5) is 0. The molecule has 192 valence electrons. The maximum Gasteiger partial charge on any atom is 0.131 e.